The van der Waals surface area contributed by atoms with Gasteiger partial charge in [-0.1, -0.05) is 24.6 Å². The monoisotopic (exact) mass is 286 g/mol. The molecule has 1 saturated carbocycles. The highest BCUT2D eigenvalue weighted by Crippen LogP contribution is 2.42. The van der Waals surface area contributed by atoms with Gasteiger partial charge in [-0.2, -0.15) is 0 Å². The van der Waals surface area contributed by atoms with E-state index in [-0.39, 0.29) is 11.7 Å². The zero-order valence-corrected chi connectivity index (χ0v) is 11.8. The molecule has 1 aliphatic carbocycles. The van der Waals surface area contributed by atoms with E-state index in [1.165, 1.54) is 6.42 Å². The van der Waals surface area contributed by atoms with Crippen LogP contribution in [0.1, 0.15) is 44.0 Å². The quantitative estimate of drug-likeness (QED) is 0.804. The maximum Gasteiger partial charge on any atom is 0.343 e. The van der Waals surface area contributed by atoms with Crippen molar-refractivity contribution in [2.45, 2.75) is 44.0 Å². The zero-order chi connectivity index (χ0) is 14.3. The van der Waals surface area contributed by atoms with Crippen molar-refractivity contribution in [1.29, 1.82) is 0 Å². The predicted octanol–water partition coefficient (Wildman–Crippen LogP) is 3.54. The van der Waals surface area contributed by atoms with E-state index in [1.807, 2.05) is 24.3 Å². The van der Waals surface area contributed by atoms with Gasteiger partial charge < -0.3 is 13.9 Å². The van der Waals surface area contributed by atoms with Gasteiger partial charge in [-0.05, 0) is 30.4 Å². The normalized spacial score (nSPS) is 24.7. The molecule has 1 aromatic heterocycles. The number of ether oxygens (including phenoxy) is 2. The Morgan fingerprint density at radius 3 is 2.76 bits per heavy atom. The van der Waals surface area contributed by atoms with Gasteiger partial charge >= 0.3 is 5.63 Å². The lowest BCUT2D eigenvalue weighted by atomic mass is 9.94. The maximum absolute atomic E-state index is 12.1. The van der Waals surface area contributed by atoms with Gasteiger partial charge in [0.2, 0.25) is 0 Å². The number of rotatable bonds is 1. The van der Waals surface area contributed by atoms with Crippen LogP contribution in [0, 0.1) is 0 Å². The van der Waals surface area contributed by atoms with Crippen LogP contribution in [0.2, 0.25) is 0 Å². The lowest BCUT2D eigenvalue weighted by Crippen LogP contribution is -2.32. The number of hydrogen-bond donors (Lipinski definition) is 0. The van der Waals surface area contributed by atoms with E-state index >= 15 is 0 Å². The Morgan fingerprint density at radius 2 is 1.90 bits per heavy atom. The summed E-state index contributed by atoms with van der Waals surface area (Å²) < 4.78 is 17.5. The Morgan fingerprint density at radius 1 is 1.10 bits per heavy atom. The van der Waals surface area contributed by atoms with E-state index in [0.717, 1.165) is 31.1 Å². The molecular formula is C17H18O4. The molecule has 1 aromatic carbocycles. The van der Waals surface area contributed by atoms with E-state index in [9.17, 15) is 4.79 Å². The molecule has 1 aliphatic heterocycles. The molecule has 0 amide bonds. The van der Waals surface area contributed by atoms with Crippen molar-refractivity contribution in [1.82, 2.24) is 0 Å². The van der Waals surface area contributed by atoms with Crippen LogP contribution in [-0.4, -0.2) is 12.4 Å². The molecular weight excluding hydrogens is 268 g/mol. The average Bonchev–Trinajstić information content (AvgIpc) is 2.92. The van der Waals surface area contributed by atoms with Crippen molar-refractivity contribution in [3.63, 3.8) is 0 Å². The first-order chi connectivity index (χ1) is 10.3. The minimum absolute atomic E-state index is 0.277. The fraction of sp³-hybridized carbons (Fsp3) is 0.471. The molecule has 1 spiro atoms. The molecule has 2 aromatic rings. The van der Waals surface area contributed by atoms with E-state index in [0.29, 0.717) is 17.8 Å². The van der Waals surface area contributed by atoms with Crippen molar-refractivity contribution in [3.05, 3.63) is 46.5 Å². The highest BCUT2D eigenvalue weighted by Gasteiger charge is 2.43. The van der Waals surface area contributed by atoms with Gasteiger partial charge in [0.25, 0.3) is 0 Å². The highest BCUT2D eigenvalue weighted by molar-refractivity contribution is 5.81. The standard InChI is InChI=1S/C17H18O4/c18-16-13-7-3-2-6-12(13)10-14(20-16)15-11-19-17(21-15)8-4-1-5-9-17/h2-3,6-7,10,15H,1,4-5,8-9,11H2/t15-/m1/s1. The SMILES string of the molecule is O=c1oc([C@H]2COC3(CCCCC3)O2)cc2ccccc12. The lowest BCUT2D eigenvalue weighted by Gasteiger charge is -2.31. The summed E-state index contributed by atoms with van der Waals surface area (Å²) in [4.78, 5) is 12.1. The van der Waals surface area contributed by atoms with Gasteiger partial charge in [-0.15, -0.1) is 0 Å². The van der Waals surface area contributed by atoms with Crippen molar-refractivity contribution in [3.8, 4) is 0 Å². The van der Waals surface area contributed by atoms with E-state index in [1.54, 1.807) is 6.07 Å². The topological polar surface area (TPSA) is 48.7 Å². The summed E-state index contributed by atoms with van der Waals surface area (Å²) in [7, 11) is 0. The molecule has 0 unspecified atom stereocenters. The minimum atomic E-state index is -0.451. The number of benzene rings is 1. The molecule has 2 heterocycles. The molecule has 1 atom stereocenters. The summed E-state index contributed by atoms with van der Waals surface area (Å²) in [6.07, 6.45) is 5.09. The molecule has 2 aliphatic rings. The molecule has 1 saturated heterocycles. The summed E-state index contributed by atoms with van der Waals surface area (Å²) in [5, 5.41) is 1.49. The summed E-state index contributed by atoms with van der Waals surface area (Å²) in [6, 6.07) is 9.35. The second kappa shape index (κ2) is 4.97. The van der Waals surface area contributed by atoms with Crippen LogP contribution in [0.5, 0.6) is 0 Å². The van der Waals surface area contributed by atoms with Crippen LogP contribution in [0.15, 0.2) is 39.5 Å². The molecule has 21 heavy (non-hydrogen) atoms. The Labute approximate surface area is 122 Å². The first-order valence-corrected chi connectivity index (χ1v) is 7.60. The fourth-order valence-corrected chi connectivity index (χ4v) is 3.36. The van der Waals surface area contributed by atoms with Crippen molar-refractivity contribution < 1.29 is 13.9 Å². The van der Waals surface area contributed by atoms with Crippen LogP contribution in [0.25, 0.3) is 10.8 Å². The van der Waals surface area contributed by atoms with Gasteiger partial charge in [0.1, 0.15) is 11.9 Å². The van der Waals surface area contributed by atoms with Crippen LogP contribution in [0.3, 0.4) is 0 Å². The summed E-state index contributed by atoms with van der Waals surface area (Å²) >= 11 is 0. The third kappa shape index (κ3) is 2.28. The summed E-state index contributed by atoms with van der Waals surface area (Å²) in [6.45, 7) is 0.460. The minimum Gasteiger partial charge on any atom is -0.425 e. The zero-order valence-electron chi connectivity index (χ0n) is 11.8. The van der Waals surface area contributed by atoms with Gasteiger partial charge in [-0.3, -0.25) is 0 Å². The highest BCUT2D eigenvalue weighted by atomic mass is 16.7. The van der Waals surface area contributed by atoms with E-state index in [2.05, 4.69) is 0 Å². The summed E-state index contributed by atoms with van der Waals surface area (Å²) in [5.74, 6) is 0.119. The molecule has 0 bridgehead atoms. The Kier molecular flexibility index (Phi) is 3.08. The van der Waals surface area contributed by atoms with Crippen molar-refractivity contribution in [2.75, 3.05) is 6.61 Å². The number of hydrogen-bond acceptors (Lipinski definition) is 4. The number of fused-ring (bicyclic) bond motifs is 1. The summed E-state index contributed by atoms with van der Waals surface area (Å²) in [5.41, 5.74) is -0.309. The van der Waals surface area contributed by atoms with Crippen molar-refractivity contribution in [2.24, 2.45) is 0 Å². The van der Waals surface area contributed by atoms with Crippen LogP contribution in [0.4, 0.5) is 0 Å². The van der Waals surface area contributed by atoms with Gasteiger partial charge in [0, 0.05) is 12.8 Å². The van der Waals surface area contributed by atoms with E-state index in [4.69, 9.17) is 13.9 Å². The Hall–Kier alpha value is -1.65. The molecule has 4 rings (SSSR count). The third-order valence-corrected chi connectivity index (χ3v) is 4.48. The molecule has 110 valence electrons. The second-order valence-electron chi connectivity index (χ2n) is 5.91. The predicted molar refractivity (Wildman–Crippen MR) is 78.1 cm³/mol. The average molecular weight is 286 g/mol. The lowest BCUT2D eigenvalue weighted by molar-refractivity contribution is -0.189. The fourth-order valence-electron chi connectivity index (χ4n) is 3.36. The first kappa shape index (κ1) is 13.0. The largest absolute Gasteiger partial charge is 0.425 e. The van der Waals surface area contributed by atoms with E-state index < -0.39 is 5.79 Å². The molecule has 0 N–H and O–H groups in total. The maximum atomic E-state index is 12.1. The Bertz CT molecular complexity index is 712. The van der Waals surface area contributed by atoms with Gasteiger partial charge in [-0.25, -0.2) is 4.79 Å². The van der Waals surface area contributed by atoms with Crippen molar-refractivity contribution >= 4 is 10.8 Å². The second-order valence-corrected chi connectivity index (χ2v) is 5.91. The van der Waals surface area contributed by atoms with Gasteiger partial charge in [0.05, 0.1) is 12.0 Å². The molecule has 4 nitrogen and oxygen atoms in total. The smallest absolute Gasteiger partial charge is 0.343 e. The third-order valence-electron chi connectivity index (χ3n) is 4.48. The van der Waals surface area contributed by atoms with Crippen LogP contribution >= 0.6 is 0 Å². The van der Waals surface area contributed by atoms with Crippen LogP contribution in [-0.2, 0) is 9.47 Å². The first-order valence-electron chi connectivity index (χ1n) is 7.60. The molecule has 0 radical (unpaired) electrons. The molecule has 4 heteroatoms. The van der Waals surface area contributed by atoms with Gasteiger partial charge in [0.15, 0.2) is 5.79 Å². The Balaban J connectivity index is 1.67. The molecule has 2 fully saturated rings. The van der Waals surface area contributed by atoms with Crippen LogP contribution < -0.4 is 5.63 Å².